The smallest absolute Gasteiger partial charge is 0.356 e. The fourth-order valence-corrected chi connectivity index (χ4v) is 3.28. The first-order valence-electron chi connectivity index (χ1n) is 10.0. The fourth-order valence-electron chi connectivity index (χ4n) is 3.28. The molecule has 1 amide bonds. The van der Waals surface area contributed by atoms with Crippen molar-refractivity contribution < 1.29 is 14.3 Å². The summed E-state index contributed by atoms with van der Waals surface area (Å²) in [5.74, 6) is -0.950. The second kappa shape index (κ2) is 9.82. The second-order valence-corrected chi connectivity index (χ2v) is 7.60. The van der Waals surface area contributed by atoms with Crippen LogP contribution in [-0.2, 0) is 20.9 Å². The maximum Gasteiger partial charge on any atom is 0.356 e. The molecule has 0 bridgehead atoms. The van der Waals surface area contributed by atoms with Crippen LogP contribution in [0, 0.1) is 5.41 Å². The van der Waals surface area contributed by atoms with Crippen molar-refractivity contribution in [3.8, 4) is 0 Å². The Morgan fingerprint density at radius 1 is 1.19 bits per heavy atom. The van der Waals surface area contributed by atoms with Gasteiger partial charge in [0.25, 0.3) is 5.91 Å². The standard InChI is InChI=1S/C24H27N5O3/c1-28(2)19-11-6-16(7-12-19)8-13-21-23(30)27-20(24(31)32-3)15-29(21)14-17-4-9-18(10-5-17)22(25)26/h4-13,15,21H,14H2,1-3H3,(H3,25,26)(H,27,30)/b13-8+. The van der Waals surface area contributed by atoms with Gasteiger partial charge in [-0.05, 0) is 23.3 Å². The van der Waals surface area contributed by atoms with E-state index in [1.54, 1.807) is 29.3 Å². The summed E-state index contributed by atoms with van der Waals surface area (Å²) in [6.45, 7) is 0.376. The van der Waals surface area contributed by atoms with E-state index in [2.05, 4.69) is 5.32 Å². The average Bonchev–Trinajstić information content (AvgIpc) is 2.78. The molecule has 0 spiro atoms. The quantitative estimate of drug-likeness (QED) is 0.350. The zero-order valence-corrected chi connectivity index (χ0v) is 18.3. The highest BCUT2D eigenvalue weighted by molar-refractivity contribution is 5.98. The molecule has 32 heavy (non-hydrogen) atoms. The molecule has 0 aromatic heterocycles. The molecule has 1 atom stereocenters. The van der Waals surface area contributed by atoms with Gasteiger partial charge in [-0.2, -0.15) is 0 Å². The lowest BCUT2D eigenvalue weighted by Crippen LogP contribution is -2.49. The average molecular weight is 434 g/mol. The minimum Gasteiger partial charge on any atom is -0.464 e. The van der Waals surface area contributed by atoms with Gasteiger partial charge in [0.15, 0.2) is 0 Å². The van der Waals surface area contributed by atoms with Gasteiger partial charge >= 0.3 is 5.97 Å². The first-order valence-corrected chi connectivity index (χ1v) is 10.0. The summed E-state index contributed by atoms with van der Waals surface area (Å²) in [6.07, 6.45) is 5.28. The van der Waals surface area contributed by atoms with Gasteiger partial charge in [0.05, 0.1) is 7.11 Å². The van der Waals surface area contributed by atoms with E-state index in [1.807, 2.05) is 61.5 Å². The van der Waals surface area contributed by atoms with Gasteiger partial charge in [-0.15, -0.1) is 0 Å². The molecule has 1 heterocycles. The van der Waals surface area contributed by atoms with Gasteiger partial charge in [-0.1, -0.05) is 48.6 Å². The van der Waals surface area contributed by atoms with Gasteiger partial charge in [-0.25, -0.2) is 4.79 Å². The molecule has 0 saturated heterocycles. The lowest BCUT2D eigenvalue weighted by atomic mass is 10.1. The van der Waals surface area contributed by atoms with Crippen LogP contribution in [0.15, 0.2) is 66.5 Å². The highest BCUT2D eigenvalue weighted by Crippen LogP contribution is 2.19. The number of hydrogen-bond donors (Lipinski definition) is 3. The summed E-state index contributed by atoms with van der Waals surface area (Å²) in [5.41, 5.74) is 9.16. The first kappa shape index (κ1) is 22.6. The fraction of sp³-hybridized carbons (Fsp3) is 0.208. The summed E-state index contributed by atoms with van der Waals surface area (Å²) in [7, 11) is 5.22. The number of rotatable bonds is 7. The molecule has 1 aliphatic heterocycles. The summed E-state index contributed by atoms with van der Waals surface area (Å²) < 4.78 is 4.77. The minimum atomic E-state index is -0.621. The number of carbonyl (C=O) groups is 2. The number of esters is 1. The van der Waals surface area contributed by atoms with Gasteiger partial charge < -0.3 is 25.6 Å². The maximum absolute atomic E-state index is 12.8. The van der Waals surface area contributed by atoms with E-state index in [9.17, 15) is 9.59 Å². The maximum atomic E-state index is 12.8. The molecule has 0 radical (unpaired) electrons. The van der Waals surface area contributed by atoms with Crippen LogP contribution in [0.25, 0.3) is 6.08 Å². The molecular formula is C24H27N5O3. The van der Waals surface area contributed by atoms with Gasteiger partial charge in [0.2, 0.25) is 0 Å². The third-order valence-electron chi connectivity index (χ3n) is 5.09. The largest absolute Gasteiger partial charge is 0.464 e. The Bertz CT molecular complexity index is 1060. The molecule has 1 aliphatic rings. The predicted octanol–water partition coefficient (Wildman–Crippen LogP) is 2.06. The predicted molar refractivity (Wildman–Crippen MR) is 125 cm³/mol. The van der Waals surface area contributed by atoms with Crippen LogP contribution < -0.4 is 16.0 Å². The van der Waals surface area contributed by atoms with Crippen LogP contribution in [0.3, 0.4) is 0 Å². The first-order chi connectivity index (χ1) is 15.3. The summed E-state index contributed by atoms with van der Waals surface area (Å²) in [6, 6.07) is 14.5. The number of nitrogens with zero attached hydrogens (tertiary/aromatic N) is 2. The molecule has 0 saturated carbocycles. The van der Waals surface area contributed by atoms with Crippen LogP contribution in [0.4, 0.5) is 5.69 Å². The summed E-state index contributed by atoms with van der Waals surface area (Å²) >= 11 is 0. The lowest BCUT2D eigenvalue weighted by molar-refractivity contribution is -0.139. The van der Waals surface area contributed by atoms with Crippen LogP contribution in [0.1, 0.15) is 16.7 Å². The Morgan fingerprint density at radius 3 is 2.41 bits per heavy atom. The Hall–Kier alpha value is -4.07. The third-order valence-corrected chi connectivity index (χ3v) is 5.09. The van der Waals surface area contributed by atoms with Gasteiger partial charge in [-0.3, -0.25) is 10.2 Å². The Kier molecular flexibility index (Phi) is 6.94. The molecule has 0 fully saturated rings. The van der Waals surface area contributed by atoms with Crippen LogP contribution >= 0.6 is 0 Å². The zero-order valence-electron chi connectivity index (χ0n) is 18.3. The van der Waals surface area contributed by atoms with Gasteiger partial charge in [0, 0.05) is 38.1 Å². The van der Waals surface area contributed by atoms with E-state index in [0.29, 0.717) is 12.1 Å². The number of ether oxygens (including phenoxy) is 1. The van der Waals surface area contributed by atoms with E-state index >= 15 is 0 Å². The number of carbonyl (C=O) groups excluding carboxylic acids is 2. The number of nitrogen functional groups attached to an aromatic ring is 1. The molecule has 2 aromatic rings. The zero-order chi connectivity index (χ0) is 23.3. The number of amides is 1. The molecule has 2 aromatic carbocycles. The topological polar surface area (TPSA) is 112 Å². The van der Waals surface area contributed by atoms with Crippen LogP contribution in [0.5, 0.6) is 0 Å². The summed E-state index contributed by atoms with van der Waals surface area (Å²) in [5, 5.41) is 10.1. The molecule has 8 heteroatoms. The van der Waals surface area contributed by atoms with Crippen molar-refractivity contribution in [2.24, 2.45) is 5.73 Å². The number of nitrogens with two attached hydrogens (primary N) is 1. The SMILES string of the molecule is COC(=O)C1=CN(Cc2ccc(C(=N)N)cc2)C(/C=C/c2ccc(N(C)C)cc2)C(=O)N1. The van der Waals surface area contributed by atoms with Crippen LogP contribution in [0.2, 0.25) is 0 Å². The number of amidine groups is 1. The molecule has 1 unspecified atom stereocenters. The molecular weight excluding hydrogens is 406 g/mol. The second-order valence-electron chi connectivity index (χ2n) is 7.60. The van der Waals surface area contributed by atoms with Crippen LogP contribution in [-0.4, -0.2) is 49.9 Å². The number of methoxy groups -OCH3 is 1. The summed E-state index contributed by atoms with van der Waals surface area (Å²) in [4.78, 5) is 28.6. The van der Waals surface area contributed by atoms with E-state index in [0.717, 1.165) is 16.8 Å². The highest BCUT2D eigenvalue weighted by atomic mass is 16.5. The Morgan fingerprint density at radius 2 is 1.84 bits per heavy atom. The van der Waals surface area contributed by atoms with E-state index in [4.69, 9.17) is 15.9 Å². The lowest BCUT2D eigenvalue weighted by Gasteiger charge is -2.32. The third kappa shape index (κ3) is 5.34. The van der Waals surface area contributed by atoms with E-state index < -0.39 is 12.0 Å². The number of hydrogen-bond acceptors (Lipinski definition) is 6. The highest BCUT2D eigenvalue weighted by Gasteiger charge is 2.30. The Balaban J connectivity index is 1.87. The van der Waals surface area contributed by atoms with Crippen molar-refractivity contribution in [2.75, 3.05) is 26.1 Å². The minimum absolute atomic E-state index is 0.0112. The van der Waals surface area contributed by atoms with Gasteiger partial charge in [0.1, 0.15) is 17.6 Å². The van der Waals surface area contributed by atoms with Crippen molar-refractivity contribution in [1.82, 2.24) is 10.2 Å². The molecule has 166 valence electrons. The van der Waals surface area contributed by atoms with Crippen molar-refractivity contribution in [1.29, 1.82) is 5.41 Å². The number of benzene rings is 2. The Labute approximate surface area is 187 Å². The normalized spacial score (nSPS) is 15.8. The van der Waals surface area contributed by atoms with Crippen molar-refractivity contribution in [2.45, 2.75) is 12.6 Å². The molecule has 4 N–H and O–H groups in total. The van der Waals surface area contributed by atoms with E-state index in [-0.39, 0.29) is 17.4 Å². The van der Waals surface area contributed by atoms with Crippen molar-refractivity contribution in [3.63, 3.8) is 0 Å². The number of nitrogens with one attached hydrogen (secondary N) is 2. The monoisotopic (exact) mass is 433 g/mol. The van der Waals surface area contributed by atoms with Crippen molar-refractivity contribution >= 4 is 29.5 Å². The molecule has 8 nitrogen and oxygen atoms in total. The molecule has 0 aliphatic carbocycles. The molecule has 3 rings (SSSR count). The van der Waals surface area contributed by atoms with Crippen molar-refractivity contribution in [3.05, 3.63) is 83.2 Å². The van der Waals surface area contributed by atoms with E-state index in [1.165, 1.54) is 7.11 Å². The number of anilines is 1.